The van der Waals surface area contributed by atoms with Crippen LogP contribution in [0.25, 0.3) is 11.2 Å². The van der Waals surface area contributed by atoms with Gasteiger partial charge in [-0.15, -0.1) is 0 Å². The second-order valence-electron chi connectivity index (χ2n) is 7.21. The number of hydrogen-bond acceptors (Lipinski definition) is 3. The highest BCUT2D eigenvalue weighted by Gasteiger charge is 2.41. The lowest BCUT2D eigenvalue weighted by Gasteiger charge is -2.33. The van der Waals surface area contributed by atoms with Crippen LogP contribution in [-0.2, 0) is 11.3 Å². The maximum atomic E-state index is 12.7. The van der Waals surface area contributed by atoms with E-state index in [1.54, 1.807) is 0 Å². The van der Waals surface area contributed by atoms with Gasteiger partial charge in [0.15, 0.2) is 0 Å². The number of nitrogens with zero attached hydrogens (tertiary/aromatic N) is 3. The van der Waals surface area contributed by atoms with Crippen LogP contribution >= 0.6 is 0 Å². The number of rotatable bonds is 3. The SMILES string of the molecule is O=C(OCc1ccccc1)N1C2C=C(c3cnc4ccccn34)CC1CC2. The summed E-state index contributed by atoms with van der Waals surface area (Å²) >= 11 is 0. The van der Waals surface area contributed by atoms with Crippen molar-refractivity contribution in [1.82, 2.24) is 14.3 Å². The van der Waals surface area contributed by atoms with E-state index in [0.29, 0.717) is 6.61 Å². The molecule has 2 aliphatic heterocycles. The monoisotopic (exact) mass is 359 g/mol. The lowest BCUT2D eigenvalue weighted by atomic mass is 9.99. The molecule has 2 aromatic heterocycles. The summed E-state index contributed by atoms with van der Waals surface area (Å²) < 4.78 is 7.70. The van der Waals surface area contributed by atoms with Gasteiger partial charge in [-0.25, -0.2) is 9.78 Å². The van der Waals surface area contributed by atoms with Crippen molar-refractivity contribution in [3.63, 3.8) is 0 Å². The van der Waals surface area contributed by atoms with E-state index in [4.69, 9.17) is 4.74 Å². The molecule has 5 nitrogen and oxygen atoms in total. The number of aromatic nitrogens is 2. The molecule has 1 saturated heterocycles. The highest BCUT2D eigenvalue weighted by atomic mass is 16.6. The van der Waals surface area contributed by atoms with Crippen LogP contribution in [0, 0.1) is 0 Å². The summed E-state index contributed by atoms with van der Waals surface area (Å²) in [7, 11) is 0. The molecule has 2 aliphatic rings. The van der Waals surface area contributed by atoms with E-state index in [2.05, 4.69) is 15.5 Å². The van der Waals surface area contributed by atoms with Crippen LogP contribution in [0.1, 0.15) is 30.5 Å². The smallest absolute Gasteiger partial charge is 0.410 e. The summed E-state index contributed by atoms with van der Waals surface area (Å²) in [5.74, 6) is 0. The Hall–Kier alpha value is -3.08. The van der Waals surface area contributed by atoms with Crippen molar-refractivity contribution in [3.05, 3.63) is 78.3 Å². The highest BCUT2D eigenvalue weighted by Crippen LogP contribution is 2.39. The molecule has 2 unspecified atom stereocenters. The molecule has 0 saturated carbocycles. The van der Waals surface area contributed by atoms with Crippen LogP contribution in [-0.4, -0.2) is 32.5 Å². The summed E-state index contributed by atoms with van der Waals surface area (Å²) in [6.07, 6.45) is 8.85. The zero-order valence-electron chi connectivity index (χ0n) is 15.0. The second kappa shape index (κ2) is 6.58. The van der Waals surface area contributed by atoms with Gasteiger partial charge in [0, 0.05) is 12.2 Å². The van der Waals surface area contributed by atoms with Gasteiger partial charge in [-0.2, -0.15) is 0 Å². The van der Waals surface area contributed by atoms with Gasteiger partial charge in [0.05, 0.1) is 17.9 Å². The van der Waals surface area contributed by atoms with Crippen molar-refractivity contribution >= 4 is 17.3 Å². The zero-order chi connectivity index (χ0) is 18.2. The number of imidazole rings is 1. The summed E-state index contributed by atoms with van der Waals surface area (Å²) in [6, 6.07) is 16.2. The van der Waals surface area contributed by atoms with E-state index in [-0.39, 0.29) is 18.2 Å². The molecule has 0 radical (unpaired) electrons. The number of pyridine rings is 1. The third-order valence-corrected chi connectivity index (χ3v) is 5.56. The van der Waals surface area contributed by atoms with Crippen molar-refractivity contribution in [1.29, 1.82) is 0 Å². The van der Waals surface area contributed by atoms with E-state index >= 15 is 0 Å². The Morgan fingerprint density at radius 2 is 1.96 bits per heavy atom. The maximum Gasteiger partial charge on any atom is 0.410 e. The molecular weight excluding hydrogens is 338 g/mol. The third-order valence-electron chi connectivity index (χ3n) is 5.56. The first-order valence-electron chi connectivity index (χ1n) is 9.42. The van der Waals surface area contributed by atoms with Gasteiger partial charge in [-0.3, -0.25) is 4.90 Å². The fourth-order valence-corrected chi connectivity index (χ4v) is 4.27. The Morgan fingerprint density at radius 3 is 2.81 bits per heavy atom. The molecule has 0 aliphatic carbocycles. The van der Waals surface area contributed by atoms with E-state index in [1.807, 2.05) is 65.8 Å². The molecule has 2 atom stereocenters. The first kappa shape index (κ1) is 16.1. The minimum absolute atomic E-state index is 0.108. The van der Waals surface area contributed by atoms with E-state index in [1.165, 1.54) is 5.57 Å². The Balaban J connectivity index is 1.35. The standard InChI is InChI=1S/C22H21N3O2/c26-22(27-15-16-6-2-1-3-7-16)25-18-9-10-19(25)13-17(12-18)20-14-23-21-8-4-5-11-24(20)21/h1-8,11-12,14,18-19H,9-10,13,15H2. The molecule has 4 heterocycles. The van der Waals surface area contributed by atoms with E-state index in [0.717, 1.165) is 36.2 Å². The molecule has 27 heavy (non-hydrogen) atoms. The first-order chi connectivity index (χ1) is 13.3. The van der Waals surface area contributed by atoms with Crippen molar-refractivity contribution in [2.75, 3.05) is 0 Å². The average Bonchev–Trinajstić information content (AvgIpc) is 3.25. The quantitative estimate of drug-likeness (QED) is 0.701. The van der Waals surface area contributed by atoms with Gasteiger partial charge >= 0.3 is 6.09 Å². The molecule has 136 valence electrons. The lowest BCUT2D eigenvalue weighted by molar-refractivity contribution is 0.0832. The van der Waals surface area contributed by atoms with Crippen LogP contribution < -0.4 is 0 Å². The summed E-state index contributed by atoms with van der Waals surface area (Å²) in [5.41, 5.74) is 4.36. The Labute approximate surface area is 157 Å². The summed E-state index contributed by atoms with van der Waals surface area (Å²) in [5, 5.41) is 0. The van der Waals surface area contributed by atoms with Crippen molar-refractivity contribution in [2.24, 2.45) is 0 Å². The molecule has 3 aromatic rings. The van der Waals surface area contributed by atoms with Gasteiger partial charge in [0.2, 0.25) is 0 Å². The number of carbonyl (C=O) groups is 1. The largest absolute Gasteiger partial charge is 0.445 e. The summed E-state index contributed by atoms with van der Waals surface area (Å²) in [6.45, 7) is 0.319. The molecule has 1 aromatic carbocycles. The van der Waals surface area contributed by atoms with Gasteiger partial charge in [0.1, 0.15) is 12.3 Å². The molecule has 1 amide bonds. The number of carbonyl (C=O) groups excluding carboxylic acids is 1. The molecule has 5 rings (SSSR count). The molecular formula is C22H21N3O2. The number of fused-ring (bicyclic) bond motifs is 3. The van der Waals surface area contributed by atoms with Crippen molar-refractivity contribution < 1.29 is 9.53 Å². The van der Waals surface area contributed by atoms with Gasteiger partial charge in [0.25, 0.3) is 0 Å². The van der Waals surface area contributed by atoms with E-state index in [9.17, 15) is 4.79 Å². The third kappa shape index (κ3) is 2.89. The molecule has 1 fully saturated rings. The van der Waals surface area contributed by atoms with Gasteiger partial charge in [-0.05, 0) is 42.5 Å². The van der Waals surface area contributed by atoms with Crippen molar-refractivity contribution in [3.8, 4) is 0 Å². The number of amides is 1. The van der Waals surface area contributed by atoms with Crippen molar-refractivity contribution in [2.45, 2.75) is 38.0 Å². The fraction of sp³-hybridized carbons (Fsp3) is 0.273. The van der Waals surface area contributed by atoms with Gasteiger partial charge < -0.3 is 9.14 Å². The average molecular weight is 359 g/mol. The molecule has 2 bridgehead atoms. The Bertz CT molecular complexity index is 1010. The van der Waals surface area contributed by atoms with Crippen LogP contribution in [0.4, 0.5) is 4.79 Å². The van der Waals surface area contributed by atoms with Crippen LogP contribution in [0.15, 0.2) is 67.0 Å². The van der Waals surface area contributed by atoms with E-state index < -0.39 is 0 Å². The predicted molar refractivity (Wildman–Crippen MR) is 103 cm³/mol. The Kier molecular flexibility index (Phi) is 3.93. The van der Waals surface area contributed by atoms with Crippen LogP contribution in [0.3, 0.4) is 0 Å². The molecule has 0 N–H and O–H groups in total. The number of hydrogen-bond donors (Lipinski definition) is 0. The Morgan fingerprint density at radius 1 is 1.11 bits per heavy atom. The predicted octanol–water partition coefficient (Wildman–Crippen LogP) is 4.29. The lowest BCUT2D eigenvalue weighted by Crippen LogP contribution is -2.43. The zero-order valence-corrected chi connectivity index (χ0v) is 15.0. The first-order valence-corrected chi connectivity index (χ1v) is 9.42. The topological polar surface area (TPSA) is 46.8 Å². The minimum atomic E-state index is -0.209. The maximum absolute atomic E-state index is 12.7. The molecule has 5 heteroatoms. The number of ether oxygens (including phenoxy) is 1. The minimum Gasteiger partial charge on any atom is -0.445 e. The van der Waals surface area contributed by atoms with Crippen LogP contribution in [0.5, 0.6) is 0 Å². The van der Waals surface area contributed by atoms with Crippen LogP contribution in [0.2, 0.25) is 0 Å². The normalized spacial score (nSPS) is 21.3. The highest BCUT2D eigenvalue weighted by molar-refractivity contribution is 5.74. The van der Waals surface area contributed by atoms with Gasteiger partial charge in [-0.1, -0.05) is 42.5 Å². The summed E-state index contributed by atoms with van der Waals surface area (Å²) in [4.78, 5) is 19.1. The second-order valence-corrected chi connectivity index (χ2v) is 7.21. The number of benzene rings is 1. The molecule has 0 spiro atoms. The fourth-order valence-electron chi connectivity index (χ4n) is 4.27.